The minimum Gasteiger partial charge on any atom is -0.397 e. The molecule has 0 atom stereocenters. The van der Waals surface area contributed by atoms with Crippen LogP contribution in [0.5, 0.6) is 0 Å². The van der Waals surface area contributed by atoms with Gasteiger partial charge >= 0.3 is 0 Å². The molecule has 2 rings (SSSR count). The van der Waals surface area contributed by atoms with Gasteiger partial charge in [0.1, 0.15) is 5.69 Å². The normalized spacial score (nSPS) is 11.1. The Morgan fingerprint density at radius 1 is 1.19 bits per heavy atom. The van der Waals surface area contributed by atoms with E-state index in [0.717, 1.165) is 11.3 Å². The molecular formula is C17H23N3O. The van der Waals surface area contributed by atoms with E-state index in [2.05, 4.69) is 19.2 Å². The van der Waals surface area contributed by atoms with Crippen LogP contribution in [-0.2, 0) is 0 Å². The SMILES string of the molecule is CC(C)c1ccccc1NC(=O)c1cc(N)cn1C(C)C. The van der Waals surface area contributed by atoms with Gasteiger partial charge in [0.25, 0.3) is 5.91 Å². The summed E-state index contributed by atoms with van der Waals surface area (Å²) in [6, 6.07) is 9.78. The molecule has 0 aliphatic carbocycles. The van der Waals surface area contributed by atoms with Crippen LogP contribution in [0.25, 0.3) is 0 Å². The number of rotatable bonds is 4. The summed E-state index contributed by atoms with van der Waals surface area (Å²) in [5, 5.41) is 3.00. The van der Waals surface area contributed by atoms with Gasteiger partial charge < -0.3 is 15.6 Å². The fourth-order valence-corrected chi connectivity index (χ4v) is 2.41. The molecule has 1 amide bonds. The van der Waals surface area contributed by atoms with Crippen LogP contribution in [0, 0.1) is 0 Å². The van der Waals surface area contributed by atoms with Crippen molar-refractivity contribution in [2.75, 3.05) is 11.1 Å². The number of hydrogen-bond donors (Lipinski definition) is 2. The first kappa shape index (κ1) is 15.2. The Labute approximate surface area is 126 Å². The maximum atomic E-state index is 12.5. The Bertz CT molecular complexity index is 641. The zero-order valence-corrected chi connectivity index (χ0v) is 13.1. The molecule has 1 aromatic carbocycles. The lowest BCUT2D eigenvalue weighted by Crippen LogP contribution is -2.18. The van der Waals surface area contributed by atoms with Crippen LogP contribution in [0.4, 0.5) is 11.4 Å². The van der Waals surface area contributed by atoms with Gasteiger partial charge in [-0.25, -0.2) is 0 Å². The number of nitrogens with two attached hydrogens (primary N) is 1. The van der Waals surface area contributed by atoms with Crippen molar-refractivity contribution in [3.63, 3.8) is 0 Å². The Kier molecular flexibility index (Phi) is 4.36. The lowest BCUT2D eigenvalue weighted by Gasteiger charge is -2.16. The van der Waals surface area contributed by atoms with Crippen LogP contribution >= 0.6 is 0 Å². The van der Waals surface area contributed by atoms with E-state index in [0.29, 0.717) is 17.3 Å². The van der Waals surface area contributed by atoms with E-state index in [9.17, 15) is 4.79 Å². The van der Waals surface area contributed by atoms with Crippen molar-refractivity contribution in [2.24, 2.45) is 0 Å². The predicted molar refractivity (Wildman–Crippen MR) is 87.7 cm³/mol. The van der Waals surface area contributed by atoms with E-state index in [4.69, 9.17) is 5.73 Å². The minimum atomic E-state index is -0.131. The molecule has 0 fully saturated rings. The first-order valence-corrected chi connectivity index (χ1v) is 7.27. The van der Waals surface area contributed by atoms with Crippen LogP contribution in [0.2, 0.25) is 0 Å². The molecule has 2 aromatic rings. The van der Waals surface area contributed by atoms with Gasteiger partial charge in [0, 0.05) is 17.9 Å². The summed E-state index contributed by atoms with van der Waals surface area (Å²) in [4.78, 5) is 12.5. The van der Waals surface area contributed by atoms with Gasteiger partial charge in [-0.05, 0) is 37.5 Å². The fraction of sp³-hybridized carbons (Fsp3) is 0.353. The van der Waals surface area contributed by atoms with Crippen molar-refractivity contribution in [1.29, 1.82) is 0 Å². The summed E-state index contributed by atoms with van der Waals surface area (Å²) < 4.78 is 1.89. The highest BCUT2D eigenvalue weighted by molar-refractivity contribution is 6.04. The van der Waals surface area contributed by atoms with Crippen molar-refractivity contribution in [3.05, 3.63) is 47.8 Å². The summed E-state index contributed by atoms with van der Waals surface area (Å²) in [5.41, 5.74) is 8.99. The highest BCUT2D eigenvalue weighted by Gasteiger charge is 2.16. The fourth-order valence-electron chi connectivity index (χ4n) is 2.41. The molecule has 4 nitrogen and oxygen atoms in total. The molecule has 0 saturated heterocycles. The number of carbonyl (C=O) groups excluding carboxylic acids is 1. The van der Waals surface area contributed by atoms with E-state index < -0.39 is 0 Å². The zero-order valence-electron chi connectivity index (χ0n) is 13.1. The van der Waals surface area contributed by atoms with E-state index in [-0.39, 0.29) is 11.9 Å². The number of benzene rings is 1. The van der Waals surface area contributed by atoms with Crippen LogP contribution in [-0.4, -0.2) is 10.5 Å². The average Bonchev–Trinajstić information content (AvgIpc) is 2.81. The smallest absolute Gasteiger partial charge is 0.272 e. The minimum absolute atomic E-state index is 0.131. The predicted octanol–water partition coefficient (Wildman–Crippen LogP) is 4.03. The van der Waals surface area contributed by atoms with Crippen molar-refractivity contribution in [1.82, 2.24) is 4.57 Å². The van der Waals surface area contributed by atoms with Crippen LogP contribution in [0.1, 0.15) is 55.7 Å². The molecule has 1 heterocycles. The second kappa shape index (κ2) is 6.04. The maximum absolute atomic E-state index is 12.5. The molecule has 3 N–H and O–H groups in total. The van der Waals surface area contributed by atoms with Crippen molar-refractivity contribution >= 4 is 17.3 Å². The van der Waals surface area contributed by atoms with Gasteiger partial charge in [0.05, 0.1) is 5.69 Å². The van der Waals surface area contributed by atoms with Gasteiger partial charge in [-0.3, -0.25) is 4.79 Å². The Balaban J connectivity index is 2.31. The van der Waals surface area contributed by atoms with Crippen LogP contribution in [0.3, 0.4) is 0 Å². The van der Waals surface area contributed by atoms with E-state index in [1.807, 2.05) is 42.7 Å². The molecule has 21 heavy (non-hydrogen) atoms. The molecule has 0 aliphatic heterocycles. The molecule has 0 unspecified atom stereocenters. The molecule has 0 aliphatic rings. The molecule has 1 aromatic heterocycles. The number of amides is 1. The zero-order chi connectivity index (χ0) is 15.6. The Morgan fingerprint density at radius 3 is 2.48 bits per heavy atom. The third kappa shape index (κ3) is 3.27. The molecule has 0 spiro atoms. The summed E-state index contributed by atoms with van der Waals surface area (Å²) in [7, 11) is 0. The quantitative estimate of drug-likeness (QED) is 0.891. The highest BCUT2D eigenvalue weighted by atomic mass is 16.1. The highest BCUT2D eigenvalue weighted by Crippen LogP contribution is 2.25. The van der Waals surface area contributed by atoms with Gasteiger partial charge in [-0.2, -0.15) is 0 Å². The number of anilines is 2. The summed E-state index contributed by atoms with van der Waals surface area (Å²) >= 11 is 0. The lowest BCUT2D eigenvalue weighted by atomic mass is 10.0. The van der Waals surface area contributed by atoms with Gasteiger partial charge in [-0.1, -0.05) is 32.0 Å². The Hall–Kier alpha value is -2.23. The number of nitrogens with zero attached hydrogens (tertiary/aromatic N) is 1. The molecule has 0 saturated carbocycles. The monoisotopic (exact) mass is 285 g/mol. The van der Waals surface area contributed by atoms with Crippen LogP contribution in [0.15, 0.2) is 36.5 Å². The van der Waals surface area contributed by atoms with Gasteiger partial charge in [0.15, 0.2) is 0 Å². The number of carbonyl (C=O) groups is 1. The first-order chi connectivity index (χ1) is 9.90. The third-order valence-electron chi connectivity index (χ3n) is 3.49. The summed E-state index contributed by atoms with van der Waals surface area (Å²) in [6.07, 6.45) is 1.80. The number of aromatic nitrogens is 1. The Morgan fingerprint density at radius 2 is 1.86 bits per heavy atom. The second-order valence-corrected chi connectivity index (χ2v) is 5.86. The van der Waals surface area contributed by atoms with E-state index >= 15 is 0 Å². The second-order valence-electron chi connectivity index (χ2n) is 5.86. The molecule has 0 radical (unpaired) electrons. The first-order valence-electron chi connectivity index (χ1n) is 7.27. The summed E-state index contributed by atoms with van der Waals surface area (Å²) in [5.74, 6) is 0.219. The van der Waals surface area contributed by atoms with Gasteiger partial charge in [0.2, 0.25) is 0 Å². The largest absolute Gasteiger partial charge is 0.397 e. The number of nitrogens with one attached hydrogen (secondary N) is 1. The topological polar surface area (TPSA) is 60.1 Å². The number of para-hydroxylation sites is 1. The van der Waals surface area contributed by atoms with Crippen molar-refractivity contribution in [2.45, 2.75) is 39.7 Å². The average molecular weight is 285 g/mol. The van der Waals surface area contributed by atoms with Crippen LogP contribution < -0.4 is 11.1 Å². The van der Waals surface area contributed by atoms with Gasteiger partial charge in [-0.15, -0.1) is 0 Å². The van der Waals surface area contributed by atoms with Crippen molar-refractivity contribution < 1.29 is 4.79 Å². The molecular weight excluding hydrogens is 262 g/mol. The number of hydrogen-bond acceptors (Lipinski definition) is 2. The molecule has 0 bridgehead atoms. The molecule has 4 heteroatoms. The third-order valence-corrected chi connectivity index (χ3v) is 3.49. The maximum Gasteiger partial charge on any atom is 0.272 e. The summed E-state index contributed by atoms with van der Waals surface area (Å²) in [6.45, 7) is 8.27. The van der Waals surface area contributed by atoms with Crippen molar-refractivity contribution in [3.8, 4) is 0 Å². The molecule has 112 valence electrons. The number of nitrogen functional groups attached to an aromatic ring is 1. The standard InChI is InChI=1S/C17H23N3O/c1-11(2)14-7-5-6-8-15(14)19-17(21)16-9-13(18)10-20(16)12(3)4/h5-12H,18H2,1-4H3,(H,19,21). The van der Waals surface area contributed by atoms with E-state index in [1.54, 1.807) is 12.3 Å². The van der Waals surface area contributed by atoms with E-state index in [1.165, 1.54) is 0 Å². The lowest BCUT2D eigenvalue weighted by molar-refractivity contribution is 0.101.